The third-order valence-electron chi connectivity index (χ3n) is 6.10. The number of piperidine rings is 1. The maximum absolute atomic E-state index is 12.1. The summed E-state index contributed by atoms with van der Waals surface area (Å²) in [5.74, 6) is 2.81. The van der Waals surface area contributed by atoms with Crippen LogP contribution in [0.5, 0.6) is 11.5 Å². The summed E-state index contributed by atoms with van der Waals surface area (Å²) in [6.07, 6.45) is 1.47. The van der Waals surface area contributed by atoms with Crippen molar-refractivity contribution in [1.82, 2.24) is 10.2 Å². The Labute approximate surface area is 191 Å². The van der Waals surface area contributed by atoms with E-state index in [1.54, 1.807) is 0 Å². The summed E-state index contributed by atoms with van der Waals surface area (Å²) < 4.78 is 16.0. The number of carbonyl (C=O) groups excluding carboxylic acids is 1. The molecule has 0 aliphatic carbocycles. The average molecular weight is 450 g/mol. The van der Waals surface area contributed by atoms with Crippen molar-refractivity contribution in [3.8, 4) is 11.5 Å². The Bertz CT molecular complexity index is 1180. The fraction of sp³-hybridized carbons (Fsp3) is 0.375. The molecule has 1 fully saturated rings. The molecular weight excluding hydrogens is 422 g/mol. The van der Waals surface area contributed by atoms with Crippen LogP contribution in [0.1, 0.15) is 25.3 Å². The Morgan fingerprint density at radius 3 is 2.76 bits per heavy atom. The Balaban J connectivity index is 1.36. The van der Waals surface area contributed by atoms with E-state index in [2.05, 4.69) is 20.4 Å². The average Bonchev–Trinajstić information content (AvgIpc) is 3.31. The van der Waals surface area contributed by atoms with Crippen molar-refractivity contribution in [2.45, 2.75) is 26.3 Å². The van der Waals surface area contributed by atoms with Gasteiger partial charge in [0.1, 0.15) is 0 Å². The van der Waals surface area contributed by atoms with Crippen molar-refractivity contribution in [1.29, 1.82) is 0 Å². The molecule has 0 atom stereocenters. The summed E-state index contributed by atoms with van der Waals surface area (Å²) in [6, 6.07) is 11.6. The third-order valence-corrected chi connectivity index (χ3v) is 6.10. The van der Waals surface area contributed by atoms with Crippen LogP contribution in [0.4, 0.5) is 17.3 Å². The molecule has 0 saturated carbocycles. The van der Waals surface area contributed by atoms with Crippen LogP contribution in [-0.2, 0) is 16.1 Å². The number of nitrogen functional groups attached to an aromatic ring is 1. The van der Waals surface area contributed by atoms with Gasteiger partial charge in [0.25, 0.3) is 0 Å². The molecule has 2 aromatic carbocycles. The highest BCUT2D eigenvalue weighted by molar-refractivity contribution is 6.00. The maximum Gasteiger partial charge on any atom is 0.309 e. The Morgan fingerprint density at radius 2 is 1.94 bits per heavy atom. The van der Waals surface area contributed by atoms with Crippen LogP contribution in [0.25, 0.3) is 10.8 Å². The molecule has 9 nitrogen and oxygen atoms in total. The van der Waals surface area contributed by atoms with Crippen LogP contribution in [0, 0.1) is 5.92 Å². The summed E-state index contributed by atoms with van der Waals surface area (Å²) >= 11 is 0. The fourth-order valence-corrected chi connectivity index (χ4v) is 4.35. The highest BCUT2D eigenvalue weighted by atomic mass is 16.7. The number of rotatable bonds is 6. The van der Waals surface area contributed by atoms with Crippen LogP contribution in [-0.4, -0.2) is 42.7 Å². The predicted octanol–water partition coefficient (Wildman–Crippen LogP) is 3.33. The molecule has 0 spiro atoms. The van der Waals surface area contributed by atoms with Crippen molar-refractivity contribution < 1.29 is 19.0 Å². The zero-order valence-corrected chi connectivity index (χ0v) is 18.5. The number of fused-ring (bicyclic) bond motifs is 2. The van der Waals surface area contributed by atoms with E-state index in [-0.39, 0.29) is 18.7 Å². The molecule has 1 aromatic heterocycles. The number of anilines is 3. The molecular formula is C24H27N5O4. The van der Waals surface area contributed by atoms with E-state index in [9.17, 15) is 4.79 Å². The first-order valence-electron chi connectivity index (χ1n) is 11.2. The smallest absolute Gasteiger partial charge is 0.309 e. The molecule has 3 aromatic rings. The van der Waals surface area contributed by atoms with Crippen LogP contribution < -0.4 is 25.4 Å². The van der Waals surface area contributed by atoms with Crippen molar-refractivity contribution >= 4 is 34.1 Å². The molecule has 1 saturated heterocycles. The number of esters is 1. The molecule has 0 bridgehead atoms. The lowest BCUT2D eigenvalue weighted by molar-refractivity contribution is -0.148. The maximum atomic E-state index is 12.1. The lowest BCUT2D eigenvalue weighted by Crippen LogP contribution is -2.37. The minimum Gasteiger partial charge on any atom is -0.466 e. The lowest BCUT2D eigenvalue weighted by atomic mass is 9.96. The molecule has 172 valence electrons. The van der Waals surface area contributed by atoms with Crippen molar-refractivity contribution in [2.24, 2.45) is 5.92 Å². The Morgan fingerprint density at radius 1 is 1.12 bits per heavy atom. The quantitative estimate of drug-likeness (QED) is 0.432. The van der Waals surface area contributed by atoms with E-state index in [1.807, 2.05) is 43.3 Å². The Hall–Kier alpha value is -3.75. The highest BCUT2D eigenvalue weighted by Crippen LogP contribution is 2.34. The van der Waals surface area contributed by atoms with Gasteiger partial charge >= 0.3 is 5.97 Å². The van der Waals surface area contributed by atoms with Gasteiger partial charge in [0.2, 0.25) is 6.79 Å². The van der Waals surface area contributed by atoms with Gasteiger partial charge in [-0.15, -0.1) is 10.2 Å². The van der Waals surface area contributed by atoms with Crippen LogP contribution in [0.2, 0.25) is 0 Å². The number of hydrogen-bond acceptors (Lipinski definition) is 9. The second kappa shape index (κ2) is 9.01. The van der Waals surface area contributed by atoms with Gasteiger partial charge in [0.15, 0.2) is 23.1 Å². The molecule has 9 heteroatoms. The van der Waals surface area contributed by atoms with E-state index in [4.69, 9.17) is 19.9 Å². The standard InChI is InChI=1S/C24H27N5O4/c1-2-31-24(30)16-7-9-29(10-8-16)23-18-5-4-17(25)12-19(18)22(27-28-23)26-13-15-3-6-20-21(11-15)33-14-32-20/h3-6,11-12,16H,2,7-10,13-14,25H2,1H3,(H,26,27). The molecule has 33 heavy (non-hydrogen) atoms. The monoisotopic (exact) mass is 449 g/mol. The van der Waals surface area contributed by atoms with Gasteiger partial charge in [-0.2, -0.15) is 0 Å². The second-order valence-corrected chi connectivity index (χ2v) is 8.23. The summed E-state index contributed by atoms with van der Waals surface area (Å²) in [7, 11) is 0. The largest absolute Gasteiger partial charge is 0.466 e. The third kappa shape index (κ3) is 4.30. The van der Waals surface area contributed by atoms with Crippen LogP contribution in [0.3, 0.4) is 0 Å². The van der Waals surface area contributed by atoms with E-state index < -0.39 is 0 Å². The van der Waals surface area contributed by atoms with Gasteiger partial charge in [-0.05, 0) is 55.7 Å². The van der Waals surface area contributed by atoms with Gasteiger partial charge in [-0.3, -0.25) is 4.79 Å². The molecule has 0 amide bonds. The first-order chi connectivity index (χ1) is 16.1. The molecule has 3 heterocycles. The summed E-state index contributed by atoms with van der Waals surface area (Å²) in [5.41, 5.74) is 7.80. The molecule has 0 radical (unpaired) electrons. The minimum absolute atomic E-state index is 0.0568. The molecule has 2 aliphatic heterocycles. The zero-order chi connectivity index (χ0) is 22.8. The van der Waals surface area contributed by atoms with Gasteiger partial charge in [0.05, 0.1) is 12.5 Å². The summed E-state index contributed by atoms with van der Waals surface area (Å²) in [5, 5.41) is 14.3. The fourth-order valence-electron chi connectivity index (χ4n) is 4.35. The lowest BCUT2D eigenvalue weighted by Gasteiger charge is -2.32. The van der Waals surface area contributed by atoms with Crippen LogP contribution >= 0.6 is 0 Å². The molecule has 5 rings (SSSR count). The van der Waals surface area contributed by atoms with Gasteiger partial charge in [-0.1, -0.05) is 6.07 Å². The van der Waals surface area contributed by atoms with E-state index >= 15 is 0 Å². The molecule has 0 unspecified atom stereocenters. The number of hydrogen-bond donors (Lipinski definition) is 2. The summed E-state index contributed by atoms with van der Waals surface area (Å²) in [4.78, 5) is 14.3. The van der Waals surface area contributed by atoms with E-state index in [0.29, 0.717) is 24.7 Å². The number of nitrogens with one attached hydrogen (secondary N) is 1. The first kappa shape index (κ1) is 21.1. The Kier molecular flexibility index (Phi) is 5.77. The SMILES string of the molecule is CCOC(=O)C1CCN(c2nnc(NCc3ccc4c(c3)OCO4)c3cc(N)ccc23)CC1. The predicted molar refractivity (Wildman–Crippen MR) is 125 cm³/mol. The van der Waals surface area contributed by atoms with E-state index in [1.165, 1.54) is 0 Å². The number of benzene rings is 2. The summed E-state index contributed by atoms with van der Waals surface area (Å²) in [6.45, 7) is 4.50. The van der Waals surface area contributed by atoms with Gasteiger partial charge in [0, 0.05) is 36.1 Å². The topological polar surface area (TPSA) is 112 Å². The van der Waals surface area contributed by atoms with Crippen molar-refractivity contribution in [3.63, 3.8) is 0 Å². The number of nitrogens with two attached hydrogens (primary N) is 1. The first-order valence-corrected chi connectivity index (χ1v) is 11.2. The number of carbonyl (C=O) groups is 1. The minimum atomic E-state index is -0.107. The number of ether oxygens (including phenoxy) is 3. The second-order valence-electron chi connectivity index (χ2n) is 8.23. The van der Waals surface area contributed by atoms with Gasteiger partial charge < -0.3 is 30.2 Å². The highest BCUT2D eigenvalue weighted by Gasteiger charge is 2.28. The normalized spacial score (nSPS) is 15.6. The molecule has 2 aliphatic rings. The van der Waals surface area contributed by atoms with E-state index in [0.717, 1.165) is 59.6 Å². The zero-order valence-electron chi connectivity index (χ0n) is 18.5. The molecule has 3 N–H and O–H groups in total. The van der Waals surface area contributed by atoms with Crippen molar-refractivity contribution in [2.75, 3.05) is 42.4 Å². The van der Waals surface area contributed by atoms with Crippen molar-refractivity contribution in [3.05, 3.63) is 42.0 Å². The number of nitrogens with zero attached hydrogens (tertiary/aromatic N) is 3. The van der Waals surface area contributed by atoms with Gasteiger partial charge in [-0.25, -0.2) is 0 Å². The van der Waals surface area contributed by atoms with Crippen LogP contribution in [0.15, 0.2) is 36.4 Å². The number of aromatic nitrogens is 2.